The molecule has 1 unspecified atom stereocenters. The third-order valence-corrected chi connectivity index (χ3v) is 4.22. The van der Waals surface area contributed by atoms with Crippen molar-refractivity contribution in [2.75, 3.05) is 19.8 Å². The first-order valence-electron chi connectivity index (χ1n) is 8.66. The predicted molar refractivity (Wildman–Crippen MR) is 85.4 cm³/mol. The molecule has 0 aromatic heterocycles. The van der Waals surface area contributed by atoms with Gasteiger partial charge in [-0.05, 0) is 52.5 Å². The zero-order valence-electron chi connectivity index (χ0n) is 14.1. The largest absolute Gasteiger partial charge is 0.465 e. The molecule has 1 atom stereocenters. The van der Waals surface area contributed by atoms with Gasteiger partial charge in [-0.3, -0.25) is 4.79 Å². The highest BCUT2D eigenvalue weighted by Crippen LogP contribution is 2.21. The lowest BCUT2D eigenvalue weighted by molar-refractivity contribution is -0.151. The molecule has 1 rings (SSSR count). The molecule has 1 fully saturated rings. The van der Waals surface area contributed by atoms with Crippen molar-refractivity contribution in [3.05, 3.63) is 0 Å². The second-order valence-corrected chi connectivity index (χ2v) is 6.21. The molecule has 4 heteroatoms. The van der Waals surface area contributed by atoms with E-state index in [-0.39, 0.29) is 5.97 Å². The fourth-order valence-corrected chi connectivity index (χ4v) is 2.86. The molecule has 0 aromatic rings. The summed E-state index contributed by atoms with van der Waals surface area (Å²) in [4.78, 5) is 12.1. The molecule has 0 aliphatic heterocycles. The summed E-state index contributed by atoms with van der Waals surface area (Å²) < 4.78 is 11.2. The van der Waals surface area contributed by atoms with Gasteiger partial charge in [0.2, 0.25) is 0 Å². The second-order valence-electron chi connectivity index (χ2n) is 6.21. The highest BCUT2D eigenvalue weighted by atomic mass is 16.5. The van der Waals surface area contributed by atoms with E-state index in [1.165, 1.54) is 32.1 Å². The van der Waals surface area contributed by atoms with Gasteiger partial charge in [0.15, 0.2) is 0 Å². The summed E-state index contributed by atoms with van der Waals surface area (Å²) in [6.45, 7) is 7.91. The predicted octanol–water partition coefficient (Wildman–Crippen LogP) is 3.44. The van der Waals surface area contributed by atoms with E-state index in [0.29, 0.717) is 12.7 Å². The highest BCUT2D eigenvalue weighted by molar-refractivity contribution is 5.80. The minimum atomic E-state index is -0.581. The van der Waals surface area contributed by atoms with E-state index in [1.807, 2.05) is 13.8 Å². The van der Waals surface area contributed by atoms with Gasteiger partial charge in [-0.25, -0.2) is 0 Å². The lowest BCUT2D eigenvalue weighted by atomic mass is 9.95. The number of esters is 1. The Labute approximate surface area is 130 Å². The maximum Gasteiger partial charge on any atom is 0.326 e. The van der Waals surface area contributed by atoms with Gasteiger partial charge in [0.25, 0.3) is 0 Å². The Kier molecular flexibility index (Phi) is 8.93. The number of hydrogen-bond acceptors (Lipinski definition) is 4. The average molecular weight is 299 g/mol. The molecule has 1 aliphatic rings. The Hall–Kier alpha value is -0.610. The van der Waals surface area contributed by atoms with Crippen molar-refractivity contribution in [2.24, 2.45) is 0 Å². The topological polar surface area (TPSA) is 47.6 Å². The molecule has 0 heterocycles. The maximum atomic E-state index is 12.1. The minimum absolute atomic E-state index is 0.142. The second kappa shape index (κ2) is 10.2. The summed E-state index contributed by atoms with van der Waals surface area (Å²) in [7, 11) is 0. The average Bonchev–Trinajstić information content (AvgIpc) is 2.51. The van der Waals surface area contributed by atoms with Crippen LogP contribution in [0.2, 0.25) is 0 Å². The Morgan fingerprint density at radius 2 is 1.95 bits per heavy atom. The zero-order valence-corrected chi connectivity index (χ0v) is 14.1. The van der Waals surface area contributed by atoms with Crippen LogP contribution in [0.4, 0.5) is 0 Å². The van der Waals surface area contributed by atoms with Crippen molar-refractivity contribution in [3.8, 4) is 0 Å². The van der Waals surface area contributed by atoms with Gasteiger partial charge in [-0.2, -0.15) is 0 Å². The number of ether oxygens (including phenoxy) is 2. The van der Waals surface area contributed by atoms with E-state index in [2.05, 4.69) is 12.2 Å². The van der Waals surface area contributed by atoms with Crippen LogP contribution in [0, 0.1) is 0 Å². The molecule has 0 amide bonds. The van der Waals surface area contributed by atoms with Gasteiger partial charge in [0.1, 0.15) is 5.54 Å². The zero-order chi connectivity index (χ0) is 15.6. The van der Waals surface area contributed by atoms with Crippen molar-refractivity contribution in [3.63, 3.8) is 0 Å². The van der Waals surface area contributed by atoms with Crippen molar-refractivity contribution in [1.29, 1.82) is 0 Å². The van der Waals surface area contributed by atoms with Gasteiger partial charge in [0, 0.05) is 6.61 Å². The molecular weight excluding hydrogens is 266 g/mol. The quantitative estimate of drug-likeness (QED) is 0.496. The highest BCUT2D eigenvalue weighted by Gasteiger charge is 2.33. The number of carbonyl (C=O) groups excluding carboxylic acids is 1. The van der Waals surface area contributed by atoms with Crippen LogP contribution in [0.1, 0.15) is 72.1 Å². The van der Waals surface area contributed by atoms with E-state index in [4.69, 9.17) is 9.47 Å². The van der Waals surface area contributed by atoms with Crippen LogP contribution in [0.3, 0.4) is 0 Å². The van der Waals surface area contributed by atoms with Crippen LogP contribution in [-0.4, -0.2) is 37.4 Å². The lowest BCUT2D eigenvalue weighted by Gasteiger charge is -2.29. The van der Waals surface area contributed by atoms with Crippen LogP contribution >= 0.6 is 0 Å². The van der Waals surface area contributed by atoms with E-state index >= 15 is 0 Å². The number of carbonyl (C=O) groups is 1. The molecule has 124 valence electrons. The molecule has 21 heavy (non-hydrogen) atoms. The summed E-state index contributed by atoms with van der Waals surface area (Å²) in [5.41, 5.74) is -0.581. The van der Waals surface area contributed by atoms with Crippen LogP contribution in [0.15, 0.2) is 0 Å². The fourth-order valence-electron chi connectivity index (χ4n) is 2.86. The first-order valence-corrected chi connectivity index (χ1v) is 8.66. The molecule has 0 saturated heterocycles. The molecule has 4 nitrogen and oxygen atoms in total. The Morgan fingerprint density at radius 1 is 1.24 bits per heavy atom. The molecular formula is C17H33NO3. The number of nitrogens with one attached hydrogen (secondary N) is 1. The van der Waals surface area contributed by atoms with E-state index in [9.17, 15) is 4.79 Å². The van der Waals surface area contributed by atoms with Gasteiger partial charge in [0.05, 0.1) is 12.7 Å². The van der Waals surface area contributed by atoms with Crippen LogP contribution in [-0.2, 0) is 14.3 Å². The molecule has 1 saturated carbocycles. The summed E-state index contributed by atoms with van der Waals surface area (Å²) >= 11 is 0. The molecule has 0 bridgehead atoms. The van der Waals surface area contributed by atoms with E-state index in [0.717, 1.165) is 32.4 Å². The summed E-state index contributed by atoms with van der Waals surface area (Å²) in [6.07, 6.45) is 9.44. The molecule has 0 spiro atoms. The smallest absolute Gasteiger partial charge is 0.326 e. The summed E-state index contributed by atoms with van der Waals surface area (Å²) in [5, 5.41) is 3.34. The minimum Gasteiger partial charge on any atom is -0.465 e. The molecule has 0 radical (unpaired) electrons. The first kappa shape index (κ1) is 18.4. The monoisotopic (exact) mass is 299 g/mol. The van der Waals surface area contributed by atoms with Gasteiger partial charge < -0.3 is 14.8 Å². The number of hydrogen-bond donors (Lipinski definition) is 1. The van der Waals surface area contributed by atoms with Crippen molar-refractivity contribution in [2.45, 2.75) is 83.8 Å². The normalized spacial score (nSPS) is 19.2. The Morgan fingerprint density at radius 3 is 2.57 bits per heavy atom. The Bertz CT molecular complexity index is 290. The number of rotatable bonds is 10. The van der Waals surface area contributed by atoms with Gasteiger partial charge in [-0.15, -0.1) is 0 Å². The molecule has 0 aromatic carbocycles. The summed E-state index contributed by atoms with van der Waals surface area (Å²) in [5.74, 6) is -0.142. The van der Waals surface area contributed by atoms with Crippen LogP contribution < -0.4 is 5.32 Å². The van der Waals surface area contributed by atoms with Crippen molar-refractivity contribution < 1.29 is 14.3 Å². The van der Waals surface area contributed by atoms with Crippen LogP contribution in [0.25, 0.3) is 0 Å². The molecule has 1 aliphatic carbocycles. The fraction of sp³-hybridized carbons (Fsp3) is 0.941. The SMILES string of the molecule is CCCNC(C)(CCCOC1CCCCC1)C(=O)OCC. The summed E-state index contributed by atoms with van der Waals surface area (Å²) in [6, 6.07) is 0. The first-order chi connectivity index (χ1) is 10.1. The lowest BCUT2D eigenvalue weighted by Crippen LogP contribution is -2.51. The standard InChI is InChI=1S/C17H33NO3/c1-4-13-18-17(3,16(19)20-5-2)12-9-14-21-15-10-7-6-8-11-15/h15,18H,4-14H2,1-3H3. The van der Waals surface area contributed by atoms with Crippen LogP contribution in [0.5, 0.6) is 0 Å². The van der Waals surface area contributed by atoms with E-state index in [1.54, 1.807) is 0 Å². The van der Waals surface area contributed by atoms with Crippen molar-refractivity contribution in [1.82, 2.24) is 5.32 Å². The van der Waals surface area contributed by atoms with Gasteiger partial charge in [-0.1, -0.05) is 26.2 Å². The maximum absolute atomic E-state index is 12.1. The van der Waals surface area contributed by atoms with Crippen molar-refractivity contribution >= 4 is 5.97 Å². The van der Waals surface area contributed by atoms with E-state index < -0.39 is 5.54 Å². The molecule has 1 N–H and O–H groups in total. The third kappa shape index (κ3) is 6.79. The van der Waals surface area contributed by atoms with Gasteiger partial charge >= 0.3 is 5.97 Å². The Balaban J connectivity index is 2.32. The third-order valence-electron chi connectivity index (χ3n) is 4.22.